The molecule has 0 saturated heterocycles. The highest BCUT2D eigenvalue weighted by Gasteiger charge is 2.31. The van der Waals surface area contributed by atoms with E-state index in [-0.39, 0.29) is 43.8 Å². The zero-order chi connectivity index (χ0) is 30.9. The van der Waals surface area contributed by atoms with E-state index in [0.29, 0.717) is 33.5 Å². The first-order valence-corrected chi connectivity index (χ1v) is 16.2. The maximum atomic E-state index is 13.9. The lowest BCUT2D eigenvalue weighted by molar-refractivity contribution is -0.141. The number of ether oxygens (including phenoxy) is 1. The predicted octanol–water partition coefficient (Wildman–Crippen LogP) is 5.71. The lowest BCUT2D eigenvalue weighted by Gasteiger charge is -2.32. The van der Waals surface area contributed by atoms with Gasteiger partial charge in [-0.05, 0) is 55.7 Å². The van der Waals surface area contributed by atoms with Crippen LogP contribution in [-0.4, -0.2) is 57.1 Å². The maximum absolute atomic E-state index is 13.9. The number of hydrogen-bond acceptors (Lipinski definition) is 5. The Hall–Kier alpha value is -3.27. The molecular weight excluding hydrogens is 597 g/mol. The third kappa shape index (κ3) is 9.37. The summed E-state index contributed by atoms with van der Waals surface area (Å²) in [7, 11) is -2.20. The molecule has 42 heavy (non-hydrogen) atoms. The average molecular weight is 635 g/mol. The Bertz CT molecular complexity index is 1470. The fraction of sp³-hybridized carbons (Fsp3) is 0.355. The van der Waals surface area contributed by atoms with Crippen molar-refractivity contribution in [2.75, 3.05) is 24.2 Å². The van der Waals surface area contributed by atoms with Gasteiger partial charge in [-0.15, -0.1) is 0 Å². The van der Waals surface area contributed by atoms with Crippen LogP contribution in [0, 0.1) is 0 Å². The number of amides is 2. The minimum Gasteiger partial charge on any atom is -0.495 e. The van der Waals surface area contributed by atoms with Gasteiger partial charge in [-0.1, -0.05) is 71.7 Å². The van der Waals surface area contributed by atoms with Gasteiger partial charge in [0.25, 0.3) is 0 Å². The van der Waals surface area contributed by atoms with Crippen molar-refractivity contribution in [2.24, 2.45) is 0 Å². The molecule has 0 bridgehead atoms. The van der Waals surface area contributed by atoms with Gasteiger partial charge in [0, 0.05) is 32.0 Å². The fourth-order valence-corrected chi connectivity index (χ4v) is 5.88. The number of halogens is 2. The largest absolute Gasteiger partial charge is 0.495 e. The summed E-state index contributed by atoms with van der Waals surface area (Å²) in [6, 6.07) is 20.4. The summed E-state index contributed by atoms with van der Waals surface area (Å²) in [6.07, 6.45) is 1.63. The van der Waals surface area contributed by atoms with Crippen molar-refractivity contribution in [3.8, 4) is 5.75 Å². The summed E-state index contributed by atoms with van der Waals surface area (Å²) in [6.45, 7) is 3.88. The molecule has 0 saturated carbocycles. The van der Waals surface area contributed by atoms with Gasteiger partial charge in [0.1, 0.15) is 11.8 Å². The standard InChI is InChI=1S/C31H37Cl2N3O5S/c1-22(2)34-31(38)28(20-23-11-6-5-7-12-23)35(21-24-16-17-25(32)26(33)19-24)30(37)15-10-18-36(42(4,39)40)27-13-8-9-14-29(27)41-3/h5-9,11-14,16-17,19,22,28H,10,15,18,20-21H2,1-4H3,(H,34,38)/t28-/m0/s1. The number of benzene rings is 3. The van der Waals surface area contributed by atoms with E-state index in [2.05, 4.69) is 5.32 Å². The summed E-state index contributed by atoms with van der Waals surface area (Å²) in [5.74, 6) is -0.174. The van der Waals surface area contributed by atoms with Crippen LogP contribution in [0.25, 0.3) is 0 Å². The van der Waals surface area contributed by atoms with Gasteiger partial charge in [0.2, 0.25) is 21.8 Å². The molecule has 0 heterocycles. The molecule has 0 radical (unpaired) electrons. The molecule has 8 nitrogen and oxygen atoms in total. The predicted molar refractivity (Wildman–Crippen MR) is 169 cm³/mol. The Morgan fingerprint density at radius 1 is 0.929 bits per heavy atom. The Morgan fingerprint density at radius 2 is 1.60 bits per heavy atom. The molecule has 3 aromatic rings. The van der Waals surface area contributed by atoms with Crippen LogP contribution in [0.4, 0.5) is 5.69 Å². The minimum absolute atomic E-state index is 0.00272. The number of nitrogens with zero attached hydrogens (tertiary/aromatic N) is 2. The number of hydrogen-bond donors (Lipinski definition) is 1. The molecule has 0 spiro atoms. The first kappa shape index (κ1) is 33.2. The van der Waals surface area contributed by atoms with Crippen LogP contribution in [0.1, 0.15) is 37.8 Å². The summed E-state index contributed by atoms with van der Waals surface area (Å²) < 4.78 is 32.0. The van der Waals surface area contributed by atoms with Gasteiger partial charge in [-0.2, -0.15) is 0 Å². The van der Waals surface area contributed by atoms with E-state index < -0.39 is 16.1 Å². The van der Waals surface area contributed by atoms with Crippen molar-refractivity contribution in [1.29, 1.82) is 0 Å². The molecular formula is C31H37Cl2N3O5S. The van der Waals surface area contributed by atoms with Crippen LogP contribution >= 0.6 is 23.2 Å². The molecule has 1 atom stereocenters. The number of nitrogens with one attached hydrogen (secondary N) is 1. The van der Waals surface area contributed by atoms with Crippen LogP contribution in [-0.2, 0) is 32.6 Å². The second kappa shape index (κ2) is 15.3. The van der Waals surface area contributed by atoms with Crippen molar-refractivity contribution in [3.63, 3.8) is 0 Å². The van der Waals surface area contributed by atoms with Gasteiger partial charge in [0.15, 0.2) is 0 Å². The van der Waals surface area contributed by atoms with Gasteiger partial charge in [-0.25, -0.2) is 8.42 Å². The van der Waals surface area contributed by atoms with E-state index in [9.17, 15) is 18.0 Å². The van der Waals surface area contributed by atoms with Crippen molar-refractivity contribution in [1.82, 2.24) is 10.2 Å². The maximum Gasteiger partial charge on any atom is 0.243 e. The summed E-state index contributed by atoms with van der Waals surface area (Å²) >= 11 is 12.4. The number of carbonyl (C=O) groups is 2. The van der Waals surface area contributed by atoms with Gasteiger partial charge in [-0.3, -0.25) is 13.9 Å². The van der Waals surface area contributed by atoms with Crippen LogP contribution in [0.3, 0.4) is 0 Å². The van der Waals surface area contributed by atoms with Gasteiger partial charge >= 0.3 is 0 Å². The number of rotatable bonds is 14. The lowest BCUT2D eigenvalue weighted by atomic mass is 10.0. The molecule has 0 aliphatic heterocycles. The molecule has 0 aliphatic rings. The molecule has 3 aromatic carbocycles. The Balaban J connectivity index is 1.92. The van der Waals surface area contributed by atoms with Crippen LogP contribution in [0.15, 0.2) is 72.8 Å². The monoisotopic (exact) mass is 633 g/mol. The first-order valence-electron chi connectivity index (χ1n) is 13.6. The van der Waals surface area contributed by atoms with Crippen molar-refractivity contribution < 1.29 is 22.7 Å². The molecule has 0 unspecified atom stereocenters. The minimum atomic E-state index is -3.67. The molecule has 0 fully saturated rings. The zero-order valence-corrected chi connectivity index (χ0v) is 26.5. The van der Waals surface area contributed by atoms with Gasteiger partial charge in [0.05, 0.1) is 29.1 Å². The van der Waals surface area contributed by atoms with Crippen molar-refractivity contribution in [3.05, 3.63) is 94.0 Å². The van der Waals surface area contributed by atoms with E-state index in [0.717, 1.165) is 11.8 Å². The van der Waals surface area contributed by atoms with Crippen LogP contribution in [0.5, 0.6) is 5.75 Å². The van der Waals surface area contributed by atoms with E-state index in [1.807, 2.05) is 44.2 Å². The number of anilines is 1. The topological polar surface area (TPSA) is 96.0 Å². The molecule has 226 valence electrons. The highest BCUT2D eigenvalue weighted by Crippen LogP contribution is 2.30. The van der Waals surface area contributed by atoms with Crippen molar-refractivity contribution >= 4 is 50.7 Å². The first-order chi connectivity index (χ1) is 19.9. The Kier molecular flexibility index (Phi) is 12.1. The normalized spacial score (nSPS) is 12.1. The Labute approximate surface area is 258 Å². The number of carbonyl (C=O) groups excluding carboxylic acids is 2. The van der Waals surface area contributed by atoms with E-state index >= 15 is 0 Å². The third-order valence-corrected chi connectivity index (χ3v) is 8.46. The Morgan fingerprint density at radius 3 is 2.21 bits per heavy atom. The summed E-state index contributed by atoms with van der Waals surface area (Å²) in [5, 5.41) is 3.68. The van der Waals surface area contributed by atoms with E-state index in [1.165, 1.54) is 16.3 Å². The molecule has 0 aliphatic carbocycles. The number of sulfonamides is 1. The average Bonchev–Trinajstić information content (AvgIpc) is 2.94. The lowest BCUT2D eigenvalue weighted by Crippen LogP contribution is -2.51. The van der Waals surface area contributed by atoms with Gasteiger partial charge < -0.3 is 15.0 Å². The molecule has 3 rings (SSSR count). The second-order valence-electron chi connectivity index (χ2n) is 10.2. The molecule has 1 N–H and O–H groups in total. The second-order valence-corrected chi connectivity index (χ2v) is 13.0. The SMILES string of the molecule is COc1ccccc1N(CCCC(=O)N(Cc1ccc(Cl)c(Cl)c1)[C@@H](Cc1ccccc1)C(=O)NC(C)C)S(C)(=O)=O. The third-order valence-electron chi connectivity index (χ3n) is 6.54. The number of methoxy groups -OCH3 is 1. The molecule has 0 aromatic heterocycles. The molecule has 2 amide bonds. The van der Waals surface area contributed by atoms with Crippen LogP contribution < -0.4 is 14.4 Å². The van der Waals surface area contributed by atoms with E-state index in [4.69, 9.17) is 27.9 Å². The zero-order valence-electron chi connectivity index (χ0n) is 24.2. The smallest absolute Gasteiger partial charge is 0.243 e. The fourth-order valence-electron chi connectivity index (χ4n) is 4.59. The number of para-hydroxylation sites is 2. The highest BCUT2D eigenvalue weighted by atomic mass is 35.5. The highest BCUT2D eigenvalue weighted by molar-refractivity contribution is 7.92. The molecule has 11 heteroatoms. The van der Waals surface area contributed by atoms with Crippen LogP contribution in [0.2, 0.25) is 10.0 Å². The quantitative estimate of drug-likeness (QED) is 0.245. The van der Waals surface area contributed by atoms with E-state index in [1.54, 1.807) is 42.5 Å². The summed E-state index contributed by atoms with van der Waals surface area (Å²) in [4.78, 5) is 29.0. The summed E-state index contributed by atoms with van der Waals surface area (Å²) in [5.41, 5.74) is 1.99. The van der Waals surface area contributed by atoms with Crippen molar-refractivity contribution in [2.45, 2.75) is 51.7 Å².